The molecular formula is C12H25N3OSi. The second kappa shape index (κ2) is 4.90. The smallest absolute Gasteiger partial charge is 0.192 e. The van der Waals surface area contributed by atoms with Gasteiger partial charge in [-0.25, -0.2) is 4.98 Å². The Kier molecular flexibility index (Phi) is 4.14. The van der Waals surface area contributed by atoms with Crippen molar-refractivity contribution < 1.29 is 4.43 Å². The predicted molar refractivity (Wildman–Crippen MR) is 72.4 cm³/mol. The monoisotopic (exact) mass is 255 g/mol. The number of aryl methyl sites for hydroxylation is 2. The van der Waals surface area contributed by atoms with Gasteiger partial charge < -0.3 is 4.43 Å². The third-order valence-corrected chi connectivity index (χ3v) is 8.05. The molecule has 1 rings (SSSR count). The molecule has 0 fully saturated rings. The zero-order valence-electron chi connectivity index (χ0n) is 12.2. The van der Waals surface area contributed by atoms with Crippen LogP contribution in [-0.2, 0) is 17.6 Å². The summed E-state index contributed by atoms with van der Waals surface area (Å²) in [6.45, 7) is 16.6. The number of rotatable bonds is 4. The summed E-state index contributed by atoms with van der Waals surface area (Å²) < 4.78 is 8.00. The van der Waals surface area contributed by atoms with E-state index >= 15 is 0 Å². The first kappa shape index (κ1) is 14.4. The highest BCUT2D eigenvalue weighted by atomic mass is 28.4. The van der Waals surface area contributed by atoms with Gasteiger partial charge in [0, 0.05) is 6.54 Å². The van der Waals surface area contributed by atoms with E-state index in [1.807, 2.05) is 11.6 Å². The molecule has 1 heterocycles. The zero-order chi connectivity index (χ0) is 13.3. The fourth-order valence-electron chi connectivity index (χ4n) is 1.30. The fraction of sp³-hybridized carbons (Fsp3) is 0.833. The van der Waals surface area contributed by atoms with Gasteiger partial charge in [-0.05, 0) is 32.0 Å². The van der Waals surface area contributed by atoms with Gasteiger partial charge in [-0.2, -0.15) is 5.10 Å². The van der Waals surface area contributed by atoms with E-state index in [4.69, 9.17) is 4.43 Å². The maximum absolute atomic E-state index is 6.09. The van der Waals surface area contributed by atoms with Crippen LogP contribution in [0.15, 0.2) is 0 Å². The quantitative estimate of drug-likeness (QED) is 0.776. The first-order valence-electron chi connectivity index (χ1n) is 6.21. The molecule has 4 nitrogen and oxygen atoms in total. The van der Waals surface area contributed by atoms with Gasteiger partial charge in [-0.3, -0.25) is 4.68 Å². The van der Waals surface area contributed by atoms with E-state index in [1.165, 1.54) is 0 Å². The summed E-state index contributed by atoms with van der Waals surface area (Å²) in [6, 6.07) is 0. The minimum absolute atomic E-state index is 0.232. The van der Waals surface area contributed by atoms with Crippen molar-refractivity contribution in [2.75, 3.05) is 0 Å². The van der Waals surface area contributed by atoms with Crippen molar-refractivity contribution in [1.29, 1.82) is 0 Å². The molecule has 0 aliphatic carbocycles. The highest BCUT2D eigenvalue weighted by Crippen LogP contribution is 2.36. The Morgan fingerprint density at radius 3 is 2.29 bits per heavy atom. The van der Waals surface area contributed by atoms with Crippen molar-refractivity contribution in [2.45, 2.75) is 65.9 Å². The van der Waals surface area contributed by atoms with Crippen LogP contribution >= 0.6 is 0 Å². The maximum Gasteiger partial charge on any atom is 0.192 e. The Bertz CT molecular complexity index is 380. The lowest BCUT2D eigenvalue weighted by atomic mass is 10.2. The Morgan fingerprint density at radius 1 is 1.29 bits per heavy atom. The van der Waals surface area contributed by atoms with E-state index in [9.17, 15) is 0 Å². The Balaban J connectivity index is 2.67. The molecule has 0 unspecified atom stereocenters. The van der Waals surface area contributed by atoms with Crippen molar-refractivity contribution in [3.63, 3.8) is 0 Å². The van der Waals surface area contributed by atoms with Crippen molar-refractivity contribution in [1.82, 2.24) is 14.8 Å². The number of hydrogen-bond donors (Lipinski definition) is 0. The molecule has 0 bridgehead atoms. The molecule has 0 N–H and O–H groups in total. The summed E-state index contributed by atoms with van der Waals surface area (Å²) >= 11 is 0. The lowest BCUT2D eigenvalue weighted by Gasteiger charge is -2.35. The van der Waals surface area contributed by atoms with Crippen LogP contribution in [0.25, 0.3) is 0 Å². The molecular weight excluding hydrogens is 230 g/mol. The van der Waals surface area contributed by atoms with Crippen molar-refractivity contribution in [3.05, 3.63) is 11.6 Å². The highest BCUT2D eigenvalue weighted by Gasteiger charge is 2.37. The number of nitrogens with zero attached hydrogens (tertiary/aromatic N) is 3. The second-order valence-corrected chi connectivity index (χ2v) is 10.7. The third kappa shape index (κ3) is 3.39. The molecule has 0 aromatic carbocycles. The lowest BCUT2D eigenvalue weighted by molar-refractivity contribution is 0.267. The van der Waals surface area contributed by atoms with Crippen LogP contribution in [0.4, 0.5) is 0 Å². The van der Waals surface area contributed by atoms with Crippen molar-refractivity contribution in [2.24, 2.45) is 0 Å². The van der Waals surface area contributed by atoms with E-state index in [-0.39, 0.29) is 5.04 Å². The van der Waals surface area contributed by atoms with Gasteiger partial charge in [0.1, 0.15) is 5.82 Å². The molecule has 0 amide bonds. The van der Waals surface area contributed by atoms with E-state index in [2.05, 4.69) is 50.9 Å². The number of hydrogen-bond acceptors (Lipinski definition) is 3. The summed E-state index contributed by atoms with van der Waals surface area (Å²) in [6.07, 6.45) is 0. The highest BCUT2D eigenvalue weighted by molar-refractivity contribution is 6.74. The van der Waals surface area contributed by atoms with Gasteiger partial charge in [-0.1, -0.05) is 20.8 Å². The van der Waals surface area contributed by atoms with E-state index in [0.29, 0.717) is 6.61 Å². The first-order valence-corrected chi connectivity index (χ1v) is 9.12. The van der Waals surface area contributed by atoms with Gasteiger partial charge in [0.25, 0.3) is 0 Å². The minimum atomic E-state index is -1.70. The Labute approximate surface area is 106 Å². The molecule has 1 aromatic rings. The molecule has 0 aliphatic heterocycles. The maximum atomic E-state index is 6.09. The summed E-state index contributed by atoms with van der Waals surface area (Å²) in [7, 11) is -1.70. The molecule has 1 aromatic heterocycles. The molecule has 0 aliphatic rings. The minimum Gasteiger partial charge on any atom is -0.409 e. The number of aromatic nitrogens is 3. The summed E-state index contributed by atoms with van der Waals surface area (Å²) in [5.74, 6) is 1.76. The molecule has 5 heteroatoms. The molecule has 98 valence electrons. The average molecular weight is 255 g/mol. The van der Waals surface area contributed by atoms with Gasteiger partial charge in [0.05, 0.1) is 6.61 Å². The average Bonchev–Trinajstić information content (AvgIpc) is 2.54. The third-order valence-electron chi connectivity index (χ3n) is 3.57. The molecule has 0 saturated heterocycles. The van der Waals surface area contributed by atoms with Crippen LogP contribution in [0.2, 0.25) is 18.1 Å². The van der Waals surface area contributed by atoms with Gasteiger partial charge in [0.15, 0.2) is 14.1 Å². The predicted octanol–water partition coefficient (Wildman–Crippen LogP) is 3.13. The van der Waals surface area contributed by atoms with E-state index in [1.54, 1.807) is 0 Å². The summed E-state index contributed by atoms with van der Waals surface area (Å²) in [5, 5.41) is 4.65. The largest absolute Gasteiger partial charge is 0.409 e. The fourth-order valence-corrected chi connectivity index (χ4v) is 2.22. The Hall–Kier alpha value is -0.683. The van der Waals surface area contributed by atoms with Crippen molar-refractivity contribution >= 4 is 8.32 Å². The summed E-state index contributed by atoms with van der Waals surface area (Å²) in [4.78, 5) is 4.42. The van der Waals surface area contributed by atoms with Gasteiger partial charge in [-0.15, -0.1) is 0 Å². The van der Waals surface area contributed by atoms with Crippen LogP contribution in [0.1, 0.15) is 39.3 Å². The van der Waals surface area contributed by atoms with Crippen LogP contribution in [-0.4, -0.2) is 23.1 Å². The SMILES string of the molecule is CCn1nc(CO[Si](C)(C)C(C)(C)C)nc1C. The van der Waals surface area contributed by atoms with Crippen LogP contribution in [0.5, 0.6) is 0 Å². The first-order chi connectivity index (χ1) is 7.67. The van der Waals surface area contributed by atoms with E-state index < -0.39 is 8.32 Å². The molecule has 0 spiro atoms. The molecule has 17 heavy (non-hydrogen) atoms. The van der Waals surface area contributed by atoms with Gasteiger partial charge >= 0.3 is 0 Å². The van der Waals surface area contributed by atoms with Crippen LogP contribution < -0.4 is 0 Å². The molecule has 0 atom stereocenters. The molecule has 0 radical (unpaired) electrons. The lowest BCUT2D eigenvalue weighted by Crippen LogP contribution is -2.40. The standard InChI is InChI=1S/C12H25N3OSi/c1-8-15-10(2)13-11(14-15)9-16-17(6,7)12(3,4)5/h8-9H2,1-7H3. The topological polar surface area (TPSA) is 39.9 Å². The molecule has 0 saturated carbocycles. The van der Waals surface area contributed by atoms with Crippen LogP contribution in [0.3, 0.4) is 0 Å². The van der Waals surface area contributed by atoms with E-state index in [0.717, 1.165) is 18.2 Å². The van der Waals surface area contributed by atoms with Crippen molar-refractivity contribution in [3.8, 4) is 0 Å². The summed E-state index contributed by atoms with van der Waals surface area (Å²) in [5.41, 5.74) is 0. The normalized spacial score (nSPS) is 13.1. The zero-order valence-corrected chi connectivity index (χ0v) is 13.2. The second-order valence-electron chi connectivity index (χ2n) is 5.94. The van der Waals surface area contributed by atoms with Gasteiger partial charge in [0.2, 0.25) is 0 Å². The Morgan fingerprint density at radius 2 is 1.88 bits per heavy atom. The van der Waals surface area contributed by atoms with Crippen LogP contribution in [0, 0.1) is 6.92 Å².